The van der Waals surface area contributed by atoms with Crippen LogP contribution in [0.3, 0.4) is 0 Å². The van der Waals surface area contributed by atoms with Crippen molar-refractivity contribution in [2.75, 3.05) is 11.4 Å². The molecule has 1 heterocycles. The van der Waals surface area contributed by atoms with E-state index in [0.29, 0.717) is 23.7 Å². The van der Waals surface area contributed by atoms with Crippen molar-refractivity contribution < 1.29 is 9.59 Å². The first-order chi connectivity index (χ1) is 10.1. The molecule has 0 spiro atoms. The van der Waals surface area contributed by atoms with Crippen LogP contribution < -0.4 is 10.2 Å². The average Bonchev–Trinajstić information content (AvgIpc) is 2.81. The standard InChI is InChI=1S/C16H17ClN2O2/c1-2-3-4-9-15(20)18-13-10-11-19(16(13)21)14-8-6-5-7-12(14)17/h2-9,13H,10-11H2,1H3,(H,18,20)/b3-2+,9-4-/t13-/m0/s1. The zero-order valence-electron chi connectivity index (χ0n) is 11.8. The topological polar surface area (TPSA) is 49.4 Å². The van der Waals surface area contributed by atoms with Gasteiger partial charge in [-0.15, -0.1) is 0 Å². The van der Waals surface area contributed by atoms with Crippen molar-refractivity contribution in [1.29, 1.82) is 0 Å². The van der Waals surface area contributed by atoms with Crippen molar-refractivity contribution in [3.8, 4) is 0 Å². The number of rotatable bonds is 4. The maximum absolute atomic E-state index is 12.3. The van der Waals surface area contributed by atoms with E-state index in [0.717, 1.165) is 0 Å². The Bertz CT molecular complexity index is 596. The second-order valence-corrected chi connectivity index (χ2v) is 5.08. The number of para-hydroxylation sites is 1. The van der Waals surface area contributed by atoms with Gasteiger partial charge in [-0.1, -0.05) is 42.0 Å². The van der Waals surface area contributed by atoms with Gasteiger partial charge in [0.2, 0.25) is 11.8 Å². The van der Waals surface area contributed by atoms with E-state index >= 15 is 0 Å². The molecule has 0 saturated carbocycles. The van der Waals surface area contributed by atoms with Crippen molar-refractivity contribution in [1.82, 2.24) is 5.32 Å². The summed E-state index contributed by atoms with van der Waals surface area (Å²) in [6.07, 6.45) is 7.20. The summed E-state index contributed by atoms with van der Waals surface area (Å²) in [5.74, 6) is -0.400. The number of nitrogens with one attached hydrogen (secondary N) is 1. The summed E-state index contributed by atoms with van der Waals surface area (Å²) in [6, 6.07) is 6.70. The highest BCUT2D eigenvalue weighted by molar-refractivity contribution is 6.34. The van der Waals surface area contributed by atoms with Crippen LogP contribution in [0.4, 0.5) is 5.69 Å². The highest BCUT2D eigenvalue weighted by Gasteiger charge is 2.33. The predicted octanol–water partition coefficient (Wildman–Crippen LogP) is 2.69. The Morgan fingerprint density at radius 2 is 2.14 bits per heavy atom. The van der Waals surface area contributed by atoms with Gasteiger partial charge in [0.15, 0.2) is 0 Å². The van der Waals surface area contributed by atoms with Crippen molar-refractivity contribution in [3.05, 3.63) is 53.6 Å². The predicted molar refractivity (Wildman–Crippen MR) is 84.3 cm³/mol. The second-order valence-electron chi connectivity index (χ2n) is 4.68. The summed E-state index contributed by atoms with van der Waals surface area (Å²) in [5, 5.41) is 3.25. The van der Waals surface area contributed by atoms with Crippen LogP contribution in [0.5, 0.6) is 0 Å². The third-order valence-electron chi connectivity index (χ3n) is 3.22. The number of hydrogen-bond acceptors (Lipinski definition) is 2. The van der Waals surface area contributed by atoms with Crippen LogP contribution in [-0.2, 0) is 9.59 Å². The number of halogens is 1. The summed E-state index contributed by atoms with van der Waals surface area (Å²) in [6.45, 7) is 2.41. The molecule has 4 nitrogen and oxygen atoms in total. The number of anilines is 1. The number of benzene rings is 1. The monoisotopic (exact) mass is 304 g/mol. The smallest absolute Gasteiger partial charge is 0.249 e. The molecular weight excluding hydrogens is 288 g/mol. The first kappa shape index (κ1) is 15.3. The molecule has 1 aromatic carbocycles. The van der Waals surface area contributed by atoms with Crippen LogP contribution >= 0.6 is 11.6 Å². The Kier molecular flexibility index (Phi) is 5.17. The fraction of sp³-hybridized carbons (Fsp3) is 0.250. The van der Waals surface area contributed by atoms with Crippen LogP contribution in [0.15, 0.2) is 48.6 Å². The van der Waals surface area contributed by atoms with Crippen LogP contribution in [0, 0.1) is 0 Å². The van der Waals surface area contributed by atoms with Gasteiger partial charge in [0.25, 0.3) is 0 Å². The molecule has 1 N–H and O–H groups in total. The lowest BCUT2D eigenvalue weighted by Crippen LogP contribution is -2.40. The average molecular weight is 305 g/mol. The summed E-state index contributed by atoms with van der Waals surface area (Å²) in [4.78, 5) is 25.7. The molecule has 0 radical (unpaired) electrons. The summed E-state index contributed by atoms with van der Waals surface area (Å²) in [7, 11) is 0. The third-order valence-corrected chi connectivity index (χ3v) is 3.54. The van der Waals surface area contributed by atoms with Gasteiger partial charge in [0.05, 0.1) is 10.7 Å². The zero-order chi connectivity index (χ0) is 15.2. The molecule has 1 aromatic rings. The minimum atomic E-state index is -0.496. The number of amides is 2. The summed E-state index contributed by atoms with van der Waals surface area (Å²) in [5.41, 5.74) is 0.686. The number of carbonyl (C=O) groups is 2. The first-order valence-electron chi connectivity index (χ1n) is 6.79. The Morgan fingerprint density at radius 3 is 2.86 bits per heavy atom. The van der Waals surface area contributed by atoms with Crippen molar-refractivity contribution >= 4 is 29.1 Å². The van der Waals surface area contributed by atoms with Gasteiger partial charge >= 0.3 is 0 Å². The Labute approximate surface area is 129 Å². The van der Waals surface area contributed by atoms with Crippen LogP contribution in [-0.4, -0.2) is 24.4 Å². The largest absolute Gasteiger partial charge is 0.341 e. The Morgan fingerprint density at radius 1 is 1.38 bits per heavy atom. The molecule has 0 aliphatic carbocycles. The molecule has 5 heteroatoms. The molecule has 0 unspecified atom stereocenters. The van der Waals surface area contributed by atoms with E-state index in [-0.39, 0.29) is 11.8 Å². The Balaban J connectivity index is 2.02. The van der Waals surface area contributed by atoms with E-state index in [1.807, 2.05) is 25.1 Å². The van der Waals surface area contributed by atoms with Gasteiger partial charge in [0, 0.05) is 12.6 Å². The summed E-state index contributed by atoms with van der Waals surface area (Å²) < 4.78 is 0. The number of allylic oxidation sites excluding steroid dienone is 3. The van der Waals surface area contributed by atoms with Gasteiger partial charge in [-0.05, 0) is 25.5 Å². The quantitative estimate of drug-likeness (QED) is 0.687. The highest BCUT2D eigenvalue weighted by Crippen LogP contribution is 2.28. The lowest BCUT2D eigenvalue weighted by molar-refractivity contribution is -0.123. The van der Waals surface area contributed by atoms with Gasteiger partial charge in [0.1, 0.15) is 6.04 Å². The van der Waals surface area contributed by atoms with Crippen molar-refractivity contribution in [2.24, 2.45) is 0 Å². The van der Waals surface area contributed by atoms with Gasteiger partial charge < -0.3 is 10.2 Å². The molecular formula is C16H17ClN2O2. The third kappa shape index (κ3) is 3.73. The van der Waals surface area contributed by atoms with Crippen molar-refractivity contribution in [2.45, 2.75) is 19.4 Å². The molecule has 2 amide bonds. The maximum Gasteiger partial charge on any atom is 0.249 e. The number of hydrogen-bond donors (Lipinski definition) is 1. The molecule has 1 fully saturated rings. The molecule has 110 valence electrons. The normalized spacial score (nSPS) is 18.9. The fourth-order valence-corrected chi connectivity index (χ4v) is 2.44. The van der Waals surface area contributed by atoms with E-state index in [4.69, 9.17) is 11.6 Å². The SMILES string of the molecule is C/C=C/C=C\C(=O)N[C@H]1CCN(c2ccccc2Cl)C1=O. The van der Waals surface area contributed by atoms with Gasteiger partial charge in [-0.3, -0.25) is 9.59 Å². The van der Waals surface area contributed by atoms with Crippen LogP contribution in [0.25, 0.3) is 0 Å². The Hall–Kier alpha value is -2.07. The molecule has 1 atom stereocenters. The molecule has 0 bridgehead atoms. The zero-order valence-corrected chi connectivity index (χ0v) is 12.5. The fourth-order valence-electron chi connectivity index (χ4n) is 2.20. The molecule has 1 aliphatic heterocycles. The van der Waals surface area contributed by atoms with Crippen LogP contribution in [0.2, 0.25) is 5.02 Å². The van der Waals surface area contributed by atoms with E-state index in [9.17, 15) is 9.59 Å². The molecule has 1 aliphatic rings. The molecule has 1 saturated heterocycles. The van der Waals surface area contributed by atoms with E-state index in [2.05, 4.69) is 5.32 Å². The molecule has 21 heavy (non-hydrogen) atoms. The van der Waals surface area contributed by atoms with Crippen molar-refractivity contribution in [3.63, 3.8) is 0 Å². The lowest BCUT2D eigenvalue weighted by Gasteiger charge is -2.18. The van der Waals surface area contributed by atoms with E-state index in [1.165, 1.54) is 6.08 Å². The van der Waals surface area contributed by atoms with Gasteiger partial charge in [-0.2, -0.15) is 0 Å². The molecule has 0 aromatic heterocycles. The van der Waals surface area contributed by atoms with E-state index in [1.54, 1.807) is 29.2 Å². The minimum absolute atomic E-state index is 0.129. The van der Waals surface area contributed by atoms with E-state index < -0.39 is 6.04 Å². The highest BCUT2D eigenvalue weighted by atomic mass is 35.5. The maximum atomic E-state index is 12.3. The minimum Gasteiger partial charge on any atom is -0.341 e. The van der Waals surface area contributed by atoms with Gasteiger partial charge in [-0.25, -0.2) is 0 Å². The first-order valence-corrected chi connectivity index (χ1v) is 7.17. The van der Waals surface area contributed by atoms with Crippen LogP contribution in [0.1, 0.15) is 13.3 Å². The second kappa shape index (κ2) is 7.09. The lowest BCUT2D eigenvalue weighted by atomic mass is 10.2. The summed E-state index contributed by atoms with van der Waals surface area (Å²) >= 11 is 6.11. The number of carbonyl (C=O) groups excluding carboxylic acids is 2. The molecule has 2 rings (SSSR count). The number of nitrogens with zero attached hydrogens (tertiary/aromatic N) is 1.